The molecule has 0 atom stereocenters. The second kappa shape index (κ2) is 6.78. The molecule has 0 saturated heterocycles. The topological polar surface area (TPSA) is 75.8 Å². The average Bonchev–Trinajstić information content (AvgIpc) is 2.86. The normalized spacial score (nSPS) is 11.2. The number of halogens is 3. The largest absolute Gasteiger partial charge is 0.481 e. The van der Waals surface area contributed by atoms with E-state index in [4.69, 9.17) is 10.00 Å². The second-order valence-electron chi connectivity index (χ2n) is 4.97. The fraction of sp³-hybridized carbons (Fsp3) is 0.400. The van der Waals surface area contributed by atoms with Gasteiger partial charge in [0.2, 0.25) is 5.88 Å². The van der Waals surface area contributed by atoms with Crippen LogP contribution in [-0.4, -0.2) is 21.9 Å². The van der Waals surface area contributed by atoms with Gasteiger partial charge < -0.3 is 10.1 Å². The number of hydrogen-bond donors (Lipinski definition) is 1. The van der Waals surface area contributed by atoms with Gasteiger partial charge in [-0.1, -0.05) is 6.92 Å². The molecule has 2 rings (SSSR count). The summed E-state index contributed by atoms with van der Waals surface area (Å²) in [6.45, 7) is 2.05. The van der Waals surface area contributed by atoms with Crippen LogP contribution >= 0.6 is 0 Å². The number of nitrogens with zero attached hydrogens (tertiary/aromatic N) is 4. The van der Waals surface area contributed by atoms with Crippen molar-refractivity contribution in [2.45, 2.75) is 26.1 Å². The molecule has 0 radical (unpaired) electrons. The van der Waals surface area contributed by atoms with Crippen molar-refractivity contribution >= 4 is 5.82 Å². The number of rotatable bonds is 5. The van der Waals surface area contributed by atoms with Gasteiger partial charge in [0, 0.05) is 13.6 Å². The Kier molecular flexibility index (Phi) is 4.97. The number of hydrogen-bond acceptors (Lipinski definition) is 5. The van der Waals surface area contributed by atoms with E-state index in [1.165, 1.54) is 7.11 Å². The highest BCUT2D eigenvalue weighted by Gasteiger charge is 2.33. The molecule has 6 nitrogen and oxygen atoms in total. The van der Waals surface area contributed by atoms with Crippen LogP contribution in [0.25, 0.3) is 0 Å². The molecule has 0 amide bonds. The Morgan fingerprint density at radius 3 is 2.62 bits per heavy atom. The van der Waals surface area contributed by atoms with Crippen molar-refractivity contribution in [2.75, 3.05) is 12.4 Å². The summed E-state index contributed by atoms with van der Waals surface area (Å²) < 4.78 is 45.2. The predicted octanol–water partition coefficient (Wildman–Crippen LogP) is 2.89. The monoisotopic (exact) mass is 339 g/mol. The maximum absolute atomic E-state index is 12.8. The second-order valence-corrected chi connectivity index (χ2v) is 4.97. The minimum Gasteiger partial charge on any atom is -0.481 e. The van der Waals surface area contributed by atoms with E-state index < -0.39 is 11.9 Å². The third-order valence-corrected chi connectivity index (χ3v) is 3.44. The van der Waals surface area contributed by atoms with E-state index in [0.717, 1.165) is 17.8 Å². The molecule has 9 heteroatoms. The first-order chi connectivity index (χ1) is 11.3. The number of aryl methyl sites for hydroxylation is 2. The fourth-order valence-electron chi connectivity index (χ4n) is 2.34. The van der Waals surface area contributed by atoms with Crippen molar-refractivity contribution in [3.8, 4) is 11.9 Å². The Morgan fingerprint density at radius 2 is 2.08 bits per heavy atom. The van der Waals surface area contributed by atoms with Crippen LogP contribution in [0.1, 0.15) is 29.4 Å². The first-order valence-electron chi connectivity index (χ1n) is 7.12. The van der Waals surface area contributed by atoms with E-state index >= 15 is 0 Å². The van der Waals surface area contributed by atoms with Gasteiger partial charge in [-0.3, -0.25) is 0 Å². The van der Waals surface area contributed by atoms with Crippen molar-refractivity contribution in [2.24, 2.45) is 7.05 Å². The zero-order valence-electron chi connectivity index (χ0n) is 13.4. The molecule has 128 valence electrons. The predicted molar refractivity (Wildman–Crippen MR) is 80.4 cm³/mol. The smallest absolute Gasteiger partial charge is 0.433 e. The molecule has 0 aliphatic rings. The molecule has 0 aromatic carbocycles. The van der Waals surface area contributed by atoms with E-state index in [-0.39, 0.29) is 17.9 Å². The molecular formula is C15H16F3N5O. The molecule has 0 fully saturated rings. The number of methoxy groups -OCH3 is 1. The summed E-state index contributed by atoms with van der Waals surface area (Å²) in [6.07, 6.45) is -3.94. The van der Waals surface area contributed by atoms with Gasteiger partial charge in [0.1, 0.15) is 17.6 Å². The van der Waals surface area contributed by atoms with Crippen LogP contribution in [-0.2, 0) is 26.2 Å². The molecule has 24 heavy (non-hydrogen) atoms. The SMILES string of the molecule is CCc1nn(C)c(OC)c1CNc1nc(C(F)(F)F)ccc1C#N. The maximum atomic E-state index is 12.8. The highest BCUT2D eigenvalue weighted by atomic mass is 19.4. The fourth-order valence-corrected chi connectivity index (χ4v) is 2.34. The van der Waals surface area contributed by atoms with Crippen LogP contribution in [0.2, 0.25) is 0 Å². The number of ether oxygens (including phenoxy) is 1. The molecule has 0 aliphatic heterocycles. The molecule has 1 N–H and O–H groups in total. The van der Waals surface area contributed by atoms with Crippen molar-refractivity contribution < 1.29 is 17.9 Å². The summed E-state index contributed by atoms with van der Waals surface area (Å²) in [4.78, 5) is 3.52. The molecule has 0 saturated carbocycles. The lowest BCUT2D eigenvalue weighted by atomic mass is 10.2. The van der Waals surface area contributed by atoms with E-state index in [2.05, 4.69) is 15.4 Å². The summed E-state index contributed by atoms with van der Waals surface area (Å²) in [5, 5.41) is 16.1. The van der Waals surface area contributed by atoms with Gasteiger partial charge in [-0.2, -0.15) is 23.5 Å². The van der Waals surface area contributed by atoms with Gasteiger partial charge >= 0.3 is 6.18 Å². The van der Waals surface area contributed by atoms with Gasteiger partial charge in [-0.25, -0.2) is 9.67 Å². The molecule has 0 bridgehead atoms. The summed E-state index contributed by atoms with van der Waals surface area (Å²) >= 11 is 0. The Hall–Kier alpha value is -2.76. The van der Waals surface area contributed by atoms with Crippen molar-refractivity contribution in [3.05, 3.63) is 34.6 Å². The van der Waals surface area contributed by atoms with Crippen molar-refractivity contribution in [1.29, 1.82) is 5.26 Å². The number of nitriles is 1. The van der Waals surface area contributed by atoms with E-state index in [0.29, 0.717) is 17.9 Å². The van der Waals surface area contributed by atoms with Gasteiger partial charge in [-0.05, 0) is 18.6 Å². The van der Waals surface area contributed by atoms with E-state index in [1.807, 2.05) is 13.0 Å². The summed E-state index contributed by atoms with van der Waals surface area (Å²) in [5.74, 6) is 0.380. The molecule has 0 aliphatic carbocycles. The summed E-state index contributed by atoms with van der Waals surface area (Å²) in [6, 6.07) is 3.71. The van der Waals surface area contributed by atoms with Gasteiger partial charge in [0.05, 0.1) is 23.9 Å². The first-order valence-corrected chi connectivity index (χ1v) is 7.12. The lowest BCUT2D eigenvalue weighted by Crippen LogP contribution is -2.12. The van der Waals surface area contributed by atoms with Gasteiger partial charge in [-0.15, -0.1) is 0 Å². The molecule has 2 aromatic rings. The first kappa shape index (κ1) is 17.6. The lowest BCUT2D eigenvalue weighted by Gasteiger charge is -2.12. The highest BCUT2D eigenvalue weighted by molar-refractivity contribution is 5.53. The standard InChI is InChI=1S/C15H16F3N5O/c1-4-11-10(14(24-3)23(2)22-11)8-20-13-9(7-19)5-6-12(21-13)15(16,17)18/h5-6H,4,8H2,1-3H3,(H,20,21). The van der Waals surface area contributed by atoms with Crippen molar-refractivity contribution in [1.82, 2.24) is 14.8 Å². The number of aromatic nitrogens is 3. The lowest BCUT2D eigenvalue weighted by molar-refractivity contribution is -0.141. The summed E-state index contributed by atoms with van der Waals surface area (Å²) in [7, 11) is 3.20. The number of alkyl halides is 3. The quantitative estimate of drug-likeness (QED) is 0.906. The van der Waals surface area contributed by atoms with Gasteiger partial charge in [0.15, 0.2) is 0 Å². The van der Waals surface area contributed by atoms with E-state index in [1.54, 1.807) is 11.7 Å². The highest BCUT2D eigenvalue weighted by Crippen LogP contribution is 2.30. The van der Waals surface area contributed by atoms with Gasteiger partial charge in [0.25, 0.3) is 0 Å². The average molecular weight is 339 g/mol. The maximum Gasteiger partial charge on any atom is 0.433 e. The van der Waals surface area contributed by atoms with Crippen LogP contribution < -0.4 is 10.1 Å². The Morgan fingerprint density at radius 1 is 1.38 bits per heavy atom. The Balaban J connectivity index is 2.34. The van der Waals surface area contributed by atoms with E-state index in [9.17, 15) is 13.2 Å². The third kappa shape index (κ3) is 3.42. The van der Waals surface area contributed by atoms with Crippen LogP contribution in [0.5, 0.6) is 5.88 Å². The number of pyridine rings is 1. The number of anilines is 1. The molecule has 2 aromatic heterocycles. The van der Waals surface area contributed by atoms with Crippen LogP contribution in [0.15, 0.2) is 12.1 Å². The Labute approximate surface area is 136 Å². The summed E-state index contributed by atoms with van der Waals surface area (Å²) in [5.41, 5.74) is 0.444. The Bertz CT molecular complexity index is 777. The number of nitrogens with one attached hydrogen (secondary N) is 1. The zero-order chi connectivity index (χ0) is 17.9. The molecule has 0 spiro atoms. The molecular weight excluding hydrogens is 323 g/mol. The minimum absolute atomic E-state index is 0.0314. The van der Waals surface area contributed by atoms with Crippen LogP contribution in [0.4, 0.5) is 19.0 Å². The van der Waals surface area contributed by atoms with Crippen LogP contribution in [0, 0.1) is 11.3 Å². The van der Waals surface area contributed by atoms with Crippen LogP contribution in [0.3, 0.4) is 0 Å². The zero-order valence-corrected chi connectivity index (χ0v) is 13.4. The molecule has 2 heterocycles. The van der Waals surface area contributed by atoms with Crippen molar-refractivity contribution in [3.63, 3.8) is 0 Å². The molecule has 0 unspecified atom stereocenters. The third-order valence-electron chi connectivity index (χ3n) is 3.44. The minimum atomic E-state index is -4.58.